The number of benzene rings is 1. The number of nitrogens with zero attached hydrogens (tertiary/aromatic N) is 2. The monoisotopic (exact) mass is 634 g/mol. The van der Waals surface area contributed by atoms with Crippen molar-refractivity contribution in [1.82, 2.24) is 9.97 Å². The Bertz CT molecular complexity index is 1390. The highest BCUT2D eigenvalue weighted by molar-refractivity contribution is 7.92. The van der Waals surface area contributed by atoms with E-state index in [0.29, 0.717) is 16.3 Å². The molecule has 3 aromatic rings. The van der Waals surface area contributed by atoms with Crippen molar-refractivity contribution in [2.45, 2.75) is 37.4 Å². The van der Waals surface area contributed by atoms with E-state index >= 15 is 0 Å². The normalized spacial score (nSPS) is 12.0. The molecular weight excluding hydrogens is 613 g/mol. The molecule has 0 saturated heterocycles. The molecule has 0 radical (unpaired) electrons. The van der Waals surface area contributed by atoms with E-state index in [1.54, 1.807) is 25.1 Å². The van der Waals surface area contributed by atoms with E-state index in [9.17, 15) is 34.8 Å². The van der Waals surface area contributed by atoms with Crippen molar-refractivity contribution in [1.29, 1.82) is 0 Å². The Labute approximate surface area is 235 Å². The first-order valence-corrected chi connectivity index (χ1v) is 13.1. The van der Waals surface area contributed by atoms with Gasteiger partial charge in [-0.15, -0.1) is 0 Å². The molecular formula is C23H22Cl2F6N4O4S. The average Bonchev–Trinajstić information content (AvgIpc) is 2.80. The summed E-state index contributed by atoms with van der Waals surface area (Å²) in [6.07, 6.45) is -8.76. The highest BCUT2D eigenvalue weighted by Gasteiger charge is 2.28. The molecule has 0 aliphatic carbocycles. The lowest BCUT2D eigenvalue weighted by Gasteiger charge is -2.12. The average molecular weight is 635 g/mol. The second-order valence-electron chi connectivity index (χ2n) is 7.92. The van der Waals surface area contributed by atoms with Gasteiger partial charge in [0.05, 0.1) is 29.6 Å². The smallest absolute Gasteiger partial charge is 0.384 e. The zero-order valence-electron chi connectivity index (χ0n) is 20.5. The number of hydrogen-bond acceptors (Lipinski definition) is 7. The van der Waals surface area contributed by atoms with Crippen LogP contribution in [0.5, 0.6) is 0 Å². The lowest BCUT2D eigenvalue weighted by Crippen LogP contribution is -2.17. The Kier molecular flexibility index (Phi) is 11.8. The molecule has 8 nitrogen and oxygen atoms in total. The summed E-state index contributed by atoms with van der Waals surface area (Å²) in [5.41, 5.74) is 6.36. The highest BCUT2D eigenvalue weighted by Crippen LogP contribution is 2.29. The van der Waals surface area contributed by atoms with Crippen LogP contribution in [0.2, 0.25) is 10.0 Å². The van der Waals surface area contributed by atoms with E-state index in [2.05, 4.69) is 24.2 Å². The van der Waals surface area contributed by atoms with Crippen molar-refractivity contribution < 1.29 is 44.2 Å². The summed E-state index contributed by atoms with van der Waals surface area (Å²) in [6.45, 7) is -1.69. The van der Waals surface area contributed by atoms with E-state index in [1.807, 2.05) is 0 Å². The SMILES string of the molecule is Cc1cc(S(=O)(=O)Nc2cccc(COCC(F)(F)F)n2)c(Cl)cc1Cl.Nc1cccc(COCC(F)(F)F)n1. The van der Waals surface area contributed by atoms with Crippen LogP contribution < -0.4 is 10.5 Å². The van der Waals surface area contributed by atoms with Crippen LogP contribution in [-0.4, -0.2) is 44.0 Å². The maximum Gasteiger partial charge on any atom is 0.411 e. The van der Waals surface area contributed by atoms with Gasteiger partial charge < -0.3 is 15.2 Å². The third-order valence-corrected chi connectivity index (χ3v) is 6.63. The van der Waals surface area contributed by atoms with E-state index in [0.717, 1.165) is 0 Å². The standard InChI is InChI=1S/C15H13Cl2F3N2O3S.C8H9F3N2O/c1-9-5-13(12(17)6-11(9)16)26(23,24)22-14-4-2-3-10(21-14)7-25-8-15(18,19)20;9-8(10,11)5-14-4-6-2-1-3-7(12)13-6/h2-6H,7-8H2,1H3,(H,21,22);1-3H,4-5H2,(H2,12,13). The van der Waals surface area contributed by atoms with Crippen LogP contribution in [0.4, 0.5) is 38.0 Å². The van der Waals surface area contributed by atoms with Crippen molar-refractivity contribution in [3.8, 4) is 0 Å². The Balaban J connectivity index is 0.000000337. The summed E-state index contributed by atoms with van der Waals surface area (Å²) < 4.78 is 107. The zero-order valence-corrected chi connectivity index (χ0v) is 22.8. The summed E-state index contributed by atoms with van der Waals surface area (Å²) >= 11 is 11.8. The molecule has 0 aliphatic heterocycles. The molecule has 0 fully saturated rings. The van der Waals surface area contributed by atoms with Crippen LogP contribution in [0.1, 0.15) is 17.0 Å². The molecule has 0 spiro atoms. The number of halogens is 8. The van der Waals surface area contributed by atoms with Gasteiger partial charge in [0, 0.05) is 5.02 Å². The predicted octanol–water partition coefficient (Wildman–Crippen LogP) is 6.32. The van der Waals surface area contributed by atoms with Crippen molar-refractivity contribution in [3.05, 3.63) is 75.5 Å². The van der Waals surface area contributed by atoms with Gasteiger partial charge in [-0.25, -0.2) is 18.4 Å². The van der Waals surface area contributed by atoms with Gasteiger partial charge in [-0.1, -0.05) is 35.3 Å². The molecule has 0 bridgehead atoms. The number of rotatable bonds is 9. The van der Waals surface area contributed by atoms with Gasteiger partial charge in [-0.05, 0) is 48.9 Å². The minimum Gasteiger partial charge on any atom is -0.384 e. The number of anilines is 2. The Hall–Kier alpha value is -2.85. The number of nitrogens with one attached hydrogen (secondary N) is 1. The van der Waals surface area contributed by atoms with Gasteiger partial charge in [0.1, 0.15) is 29.7 Å². The maximum atomic E-state index is 12.5. The first-order valence-electron chi connectivity index (χ1n) is 10.9. The van der Waals surface area contributed by atoms with Crippen LogP contribution >= 0.6 is 23.2 Å². The van der Waals surface area contributed by atoms with Gasteiger partial charge in [0.15, 0.2) is 0 Å². The molecule has 1 aromatic carbocycles. The first kappa shape index (κ1) is 33.4. The summed E-state index contributed by atoms with van der Waals surface area (Å²) in [5, 5.41) is 0.244. The second kappa shape index (κ2) is 14.2. The van der Waals surface area contributed by atoms with Crippen molar-refractivity contribution >= 4 is 44.9 Å². The zero-order chi connectivity index (χ0) is 30.1. The highest BCUT2D eigenvalue weighted by atomic mass is 35.5. The number of alkyl halides is 6. The van der Waals surface area contributed by atoms with Crippen molar-refractivity contribution in [2.75, 3.05) is 23.7 Å². The van der Waals surface area contributed by atoms with E-state index in [4.69, 9.17) is 28.9 Å². The largest absolute Gasteiger partial charge is 0.411 e. The van der Waals surface area contributed by atoms with Gasteiger partial charge >= 0.3 is 12.4 Å². The molecule has 40 heavy (non-hydrogen) atoms. The molecule has 0 aliphatic rings. The molecule has 2 aromatic heterocycles. The molecule has 0 atom stereocenters. The predicted molar refractivity (Wildman–Crippen MR) is 136 cm³/mol. The summed E-state index contributed by atoms with van der Waals surface area (Å²) in [7, 11) is -4.07. The molecule has 17 heteroatoms. The van der Waals surface area contributed by atoms with Crippen LogP contribution in [0.3, 0.4) is 0 Å². The van der Waals surface area contributed by atoms with E-state index in [1.165, 1.54) is 30.3 Å². The minimum atomic E-state index is -4.46. The summed E-state index contributed by atoms with van der Waals surface area (Å²) in [6, 6.07) is 11.5. The Morgan fingerprint density at radius 1 is 0.850 bits per heavy atom. The third kappa shape index (κ3) is 12.1. The minimum absolute atomic E-state index is 0.0715. The van der Waals surface area contributed by atoms with Crippen LogP contribution in [0, 0.1) is 6.92 Å². The molecule has 3 N–H and O–H groups in total. The Morgan fingerprint density at radius 3 is 1.90 bits per heavy atom. The quantitative estimate of drug-likeness (QED) is 0.265. The van der Waals surface area contributed by atoms with E-state index in [-0.39, 0.29) is 33.9 Å². The summed E-state index contributed by atoms with van der Waals surface area (Å²) in [4.78, 5) is 7.51. The number of nitrogens with two attached hydrogens (primary N) is 1. The number of aromatic nitrogens is 2. The number of aryl methyl sites for hydroxylation is 1. The first-order chi connectivity index (χ1) is 18.4. The summed E-state index contributed by atoms with van der Waals surface area (Å²) in [5.74, 6) is 0.180. The maximum absolute atomic E-state index is 12.5. The lowest BCUT2D eigenvalue weighted by atomic mass is 10.2. The van der Waals surface area contributed by atoms with Gasteiger partial charge in [-0.3, -0.25) is 4.72 Å². The molecule has 0 saturated carbocycles. The number of pyridine rings is 2. The molecule has 3 rings (SSSR count). The van der Waals surface area contributed by atoms with Crippen LogP contribution in [0.15, 0.2) is 53.4 Å². The van der Waals surface area contributed by atoms with Crippen LogP contribution in [-0.2, 0) is 32.7 Å². The molecule has 2 heterocycles. The lowest BCUT2D eigenvalue weighted by molar-refractivity contribution is -0.177. The van der Waals surface area contributed by atoms with Gasteiger partial charge in [-0.2, -0.15) is 26.3 Å². The fraction of sp³-hybridized carbons (Fsp3) is 0.304. The van der Waals surface area contributed by atoms with Crippen LogP contribution in [0.25, 0.3) is 0 Å². The fourth-order valence-corrected chi connectivity index (χ4v) is 4.60. The molecule has 0 amide bonds. The topological polar surface area (TPSA) is 116 Å². The fourth-order valence-electron chi connectivity index (χ4n) is 2.77. The Morgan fingerprint density at radius 2 is 1.38 bits per heavy atom. The van der Waals surface area contributed by atoms with E-state index < -0.39 is 42.2 Å². The number of ether oxygens (including phenoxy) is 2. The number of sulfonamides is 1. The number of nitrogen functional groups attached to an aromatic ring is 1. The van der Waals surface area contributed by atoms with Crippen molar-refractivity contribution in [3.63, 3.8) is 0 Å². The second-order valence-corrected chi connectivity index (χ2v) is 10.4. The molecule has 0 unspecified atom stereocenters. The molecule has 220 valence electrons. The van der Waals surface area contributed by atoms with Crippen molar-refractivity contribution in [2.24, 2.45) is 0 Å². The van der Waals surface area contributed by atoms with Gasteiger partial charge in [0.25, 0.3) is 10.0 Å². The third-order valence-electron chi connectivity index (χ3n) is 4.41. The number of hydrogen-bond donors (Lipinski definition) is 2. The van der Waals surface area contributed by atoms with Gasteiger partial charge in [0.2, 0.25) is 0 Å².